The fraction of sp³-hybridized carbons (Fsp3) is 0. The molecule has 2 rings (SSSR count). The van der Waals surface area contributed by atoms with Gasteiger partial charge in [-0.3, -0.25) is 9.59 Å². The Bertz CT molecular complexity index is 603. The number of nitrogens with two attached hydrogens (primary N) is 1. The fourth-order valence-corrected chi connectivity index (χ4v) is 1.41. The third-order valence-corrected chi connectivity index (χ3v) is 2.17. The average Bonchev–Trinajstić information content (AvgIpc) is 2.16. The van der Waals surface area contributed by atoms with E-state index >= 15 is 0 Å². The van der Waals surface area contributed by atoms with Crippen molar-refractivity contribution in [2.45, 2.75) is 0 Å². The van der Waals surface area contributed by atoms with Gasteiger partial charge in [-0.15, -0.1) is 0 Å². The summed E-state index contributed by atoms with van der Waals surface area (Å²) in [5.41, 5.74) is 4.94. The van der Waals surface area contributed by atoms with Crippen molar-refractivity contribution in [3.8, 4) is 0 Å². The summed E-state index contributed by atoms with van der Waals surface area (Å²) in [6.45, 7) is 0. The third-order valence-electron chi connectivity index (χ3n) is 1.93. The maximum absolute atomic E-state index is 11.5. The molecule has 0 unspecified atom stereocenters. The smallest absolute Gasteiger partial charge is 0.284 e. The lowest BCUT2D eigenvalue weighted by atomic mass is 10.2. The van der Waals surface area contributed by atoms with E-state index < -0.39 is 5.91 Å². The molecule has 0 radical (unpaired) electrons. The van der Waals surface area contributed by atoms with Gasteiger partial charge in [0.25, 0.3) is 5.91 Å². The van der Waals surface area contributed by atoms with Crippen LogP contribution in [0, 0.1) is 0 Å². The molecule has 2 aromatic rings. The van der Waals surface area contributed by atoms with E-state index in [0.29, 0.717) is 10.4 Å². The fourth-order valence-electron chi connectivity index (χ4n) is 1.25. The summed E-state index contributed by atoms with van der Waals surface area (Å²) in [5, 5.41) is 0.789. The van der Waals surface area contributed by atoms with E-state index in [4.69, 9.17) is 21.8 Å². The van der Waals surface area contributed by atoms with Crippen LogP contribution in [0.5, 0.6) is 0 Å². The van der Waals surface area contributed by atoms with E-state index in [1.54, 1.807) is 6.07 Å². The van der Waals surface area contributed by atoms with E-state index in [0.717, 1.165) is 6.07 Å². The van der Waals surface area contributed by atoms with Crippen molar-refractivity contribution in [2.24, 2.45) is 5.73 Å². The normalized spacial score (nSPS) is 10.5. The molecule has 0 bridgehead atoms. The molecule has 0 saturated carbocycles. The number of carbonyl (C=O) groups excluding carboxylic acids is 1. The molecule has 2 N–H and O–H groups in total. The number of halogens is 1. The van der Waals surface area contributed by atoms with E-state index in [9.17, 15) is 9.59 Å². The number of carbonyl (C=O) groups is 1. The molecule has 0 aliphatic rings. The lowest BCUT2D eigenvalue weighted by Crippen LogP contribution is -2.14. The summed E-state index contributed by atoms with van der Waals surface area (Å²) >= 11 is 5.72. The van der Waals surface area contributed by atoms with Crippen LogP contribution >= 0.6 is 11.6 Å². The van der Waals surface area contributed by atoms with Crippen molar-refractivity contribution in [2.75, 3.05) is 0 Å². The lowest BCUT2D eigenvalue weighted by Gasteiger charge is -1.99. The monoisotopic (exact) mass is 223 g/mol. The lowest BCUT2D eigenvalue weighted by molar-refractivity contribution is 0.0974. The molecule has 0 saturated heterocycles. The van der Waals surface area contributed by atoms with Crippen LogP contribution in [0.1, 0.15) is 10.6 Å². The second kappa shape index (κ2) is 3.40. The topological polar surface area (TPSA) is 73.3 Å². The number of hydrogen-bond acceptors (Lipinski definition) is 3. The van der Waals surface area contributed by atoms with E-state index in [1.165, 1.54) is 12.1 Å². The highest BCUT2D eigenvalue weighted by Gasteiger charge is 2.08. The molecular formula is C10H6ClNO3. The zero-order chi connectivity index (χ0) is 11.0. The second-order valence-corrected chi connectivity index (χ2v) is 3.42. The van der Waals surface area contributed by atoms with Crippen molar-refractivity contribution in [3.05, 3.63) is 45.3 Å². The molecule has 0 atom stereocenters. The standard InChI is InChI=1S/C10H6ClNO3/c11-5-1-2-6-7(13)4-9(10(12)14)15-8(6)3-5/h1-4H,(H2,12,14). The van der Waals surface area contributed by atoms with E-state index in [2.05, 4.69) is 0 Å². The highest BCUT2D eigenvalue weighted by Crippen LogP contribution is 2.17. The quantitative estimate of drug-likeness (QED) is 0.797. The van der Waals surface area contributed by atoms with Gasteiger partial charge in [0.05, 0.1) is 5.39 Å². The number of rotatable bonds is 1. The zero-order valence-corrected chi connectivity index (χ0v) is 8.25. The van der Waals surface area contributed by atoms with Crippen molar-refractivity contribution < 1.29 is 9.21 Å². The Labute approximate surface area is 89.2 Å². The van der Waals surface area contributed by atoms with Gasteiger partial charge in [0, 0.05) is 17.2 Å². The predicted molar refractivity (Wildman–Crippen MR) is 56.0 cm³/mol. The Kier molecular flexibility index (Phi) is 2.21. The summed E-state index contributed by atoms with van der Waals surface area (Å²) in [4.78, 5) is 22.3. The van der Waals surface area contributed by atoms with Gasteiger partial charge in [0.2, 0.25) is 0 Å². The maximum Gasteiger partial charge on any atom is 0.284 e. The van der Waals surface area contributed by atoms with Crippen molar-refractivity contribution in [3.63, 3.8) is 0 Å². The molecule has 1 amide bonds. The van der Waals surface area contributed by atoms with Crippen molar-refractivity contribution in [1.29, 1.82) is 0 Å². The molecule has 0 aliphatic carbocycles. The van der Waals surface area contributed by atoms with Crippen LogP contribution in [0.3, 0.4) is 0 Å². The molecule has 0 fully saturated rings. The summed E-state index contributed by atoms with van der Waals surface area (Å²) in [6, 6.07) is 5.64. The van der Waals surface area contributed by atoms with Gasteiger partial charge < -0.3 is 10.2 Å². The first-order chi connectivity index (χ1) is 7.08. The van der Waals surface area contributed by atoms with Crippen LogP contribution < -0.4 is 11.2 Å². The molecule has 76 valence electrons. The summed E-state index contributed by atoms with van der Waals surface area (Å²) < 4.78 is 5.13. The molecule has 0 aliphatic heterocycles. The Morgan fingerprint density at radius 2 is 2.07 bits per heavy atom. The molecule has 1 heterocycles. The summed E-state index contributed by atoms with van der Waals surface area (Å²) in [7, 11) is 0. The second-order valence-electron chi connectivity index (χ2n) is 2.98. The van der Waals surface area contributed by atoms with Crippen molar-refractivity contribution >= 4 is 28.5 Å². The largest absolute Gasteiger partial charge is 0.451 e. The Morgan fingerprint density at radius 3 is 2.73 bits per heavy atom. The summed E-state index contributed by atoms with van der Waals surface area (Å²) in [6.07, 6.45) is 0. The summed E-state index contributed by atoms with van der Waals surface area (Å²) in [5.74, 6) is -0.955. The van der Waals surface area contributed by atoms with Crippen molar-refractivity contribution in [1.82, 2.24) is 0 Å². The highest BCUT2D eigenvalue weighted by molar-refractivity contribution is 6.31. The first-order valence-electron chi connectivity index (χ1n) is 4.11. The first kappa shape index (κ1) is 9.73. The van der Waals surface area contributed by atoms with Gasteiger partial charge in [-0.25, -0.2) is 0 Å². The molecular weight excluding hydrogens is 218 g/mol. The van der Waals surface area contributed by atoms with E-state index in [1.807, 2.05) is 0 Å². The number of fused-ring (bicyclic) bond motifs is 1. The van der Waals surface area contributed by atoms with Crippen LogP contribution in [0.15, 0.2) is 33.5 Å². The van der Waals surface area contributed by atoms with Crippen LogP contribution in [-0.4, -0.2) is 5.91 Å². The molecule has 15 heavy (non-hydrogen) atoms. The van der Waals surface area contributed by atoms with Gasteiger partial charge in [-0.2, -0.15) is 0 Å². The van der Waals surface area contributed by atoms with Gasteiger partial charge >= 0.3 is 0 Å². The molecule has 5 heteroatoms. The molecule has 4 nitrogen and oxygen atoms in total. The number of primary amides is 1. The van der Waals surface area contributed by atoms with Gasteiger partial charge in [0.15, 0.2) is 11.2 Å². The number of hydrogen-bond donors (Lipinski definition) is 1. The molecule has 1 aromatic heterocycles. The van der Waals surface area contributed by atoms with Gasteiger partial charge in [-0.05, 0) is 12.1 Å². The average molecular weight is 224 g/mol. The van der Waals surface area contributed by atoms with Gasteiger partial charge in [0.1, 0.15) is 5.58 Å². The maximum atomic E-state index is 11.5. The van der Waals surface area contributed by atoms with Crippen LogP contribution in [0.4, 0.5) is 0 Å². The molecule has 0 spiro atoms. The Balaban J connectivity index is 2.85. The molecule has 1 aromatic carbocycles. The van der Waals surface area contributed by atoms with Crippen LogP contribution in [-0.2, 0) is 0 Å². The minimum absolute atomic E-state index is 0.172. The van der Waals surface area contributed by atoms with Gasteiger partial charge in [-0.1, -0.05) is 11.6 Å². The third kappa shape index (κ3) is 1.71. The minimum atomic E-state index is -0.783. The SMILES string of the molecule is NC(=O)c1cc(=O)c2ccc(Cl)cc2o1. The van der Waals surface area contributed by atoms with Crippen LogP contribution in [0.2, 0.25) is 5.02 Å². The predicted octanol–water partition coefficient (Wildman–Crippen LogP) is 1.55. The Hall–Kier alpha value is -1.81. The minimum Gasteiger partial charge on any atom is -0.451 e. The number of amides is 1. The Morgan fingerprint density at radius 1 is 1.33 bits per heavy atom. The zero-order valence-electron chi connectivity index (χ0n) is 7.49. The van der Waals surface area contributed by atoms with E-state index in [-0.39, 0.29) is 16.8 Å². The van der Waals surface area contributed by atoms with Crippen LogP contribution in [0.25, 0.3) is 11.0 Å². The first-order valence-corrected chi connectivity index (χ1v) is 4.49. The highest BCUT2D eigenvalue weighted by atomic mass is 35.5. The number of benzene rings is 1.